The standard InChI is InChI=1S/2C36H58O10/c2*37-13-16-40-19-22-43-25-24-42-21-18-39-15-7-12-35(30-33-8-3-1-4-9-33)36(31-34-10-5-2-6-11-34)32-46-29-28-45-27-26-44-23-20-41-17-14-38/h2*1-6,8-11,35-38H,7,12-32H2/t2*35-,36+/m10/s1. The molecule has 4 aromatic carbocycles. The highest BCUT2D eigenvalue weighted by Gasteiger charge is 2.25. The monoisotopic (exact) mass is 1300 g/mol. The maximum absolute atomic E-state index is 8.72. The Hall–Kier alpha value is -3.92. The van der Waals surface area contributed by atoms with Crippen molar-refractivity contribution in [2.24, 2.45) is 23.7 Å². The Morgan fingerprint density at radius 1 is 0.196 bits per heavy atom. The number of rotatable bonds is 66. The first-order valence-corrected chi connectivity index (χ1v) is 33.5. The highest BCUT2D eigenvalue weighted by molar-refractivity contribution is 5.19. The summed E-state index contributed by atoms with van der Waals surface area (Å²) in [5, 5.41) is 34.8. The summed E-state index contributed by atoms with van der Waals surface area (Å²) in [4.78, 5) is 0. The van der Waals surface area contributed by atoms with E-state index in [4.69, 9.17) is 96.2 Å². The molecule has 20 nitrogen and oxygen atoms in total. The van der Waals surface area contributed by atoms with Crippen LogP contribution in [0, 0.1) is 23.7 Å². The quantitative estimate of drug-likeness (QED) is 0.0320. The molecule has 524 valence electrons. The summed E-state index contributed by atoms with van der Waals surface area (Å²) in [5.41, 5.74) is 5.32. The summed E-state index contributed by atoms with van der Waals surface area (Å²) in [5.74, 6) is 1.57. The van der Waals surface area contributed by atoms with Gasteiger partial charge in [-0.25, -0.2) is 0 Å². The van der Waals surface area contributed by atoms with Gasteiger partial charge in [0, 0.05) is 13.2 Å². The Bertz CT molecular complexity index is 1920. The van der Waals surface area contributed by atoms with Gasteiger partial charge in [0.1, 0.15) is 0 Å². The molecule has 0 fully saturated rings. The fourth-order valence-corrected chi connectivity index (χ4v) is 9.87. The van der Waals surface area contributed by atoms with Gasteiger partial charge in [0.2, 0.25) is 0 Å². The van der Waals surface area contributed by atoms with Gasteiger partial charge in [0.25, 0.3) is 0 Å². The van der Waals surface area contributed by atoms with E-state index in [1.54, 1.807) is 0 Å². The van der Waals surface area contributed by atoms with E-state index in [2.05, 4.69) is 121 Å². The molecule has 4 atom stereocenters. The average molecular weight is 1300 g/mol. The Morgan fingerprint density at radius 3 is 0.576 bits per heavy atom. The summed E-state index contributed by atoms with van der Waals surface area (Å²) >= 11 is 0. The second-order valence-electron chi connectivity index (χ2n) is 21.7. The zero-order valence-electron chi connectivity index (χ0n) is 55.3. The molecular formula is C72H116O20. The van der Waals surface area contributed by atoms with Gasteiger partial charge >= 0.3 is 0 Å². The van der Waals surface area contributed by atoms with Gasteiger partial charge in [-0.2, -0.15) is 0 Å². The van der Waals surface area contributed by atoms with E-state index in [-0.39, 0.29) is 26.4 Å². The molecule has 0 aliphatic rings. The van der Waals surface area contributed by atoms with Crippen LogP contribution in [0.4, 0.5) is 0 Å². The lowest BCUT2D eigenvalue weighted by Gasteiger charge is -2.28. The molecule has 4 aromatic rings. The van der Waals surface area contributed by atoms with Crippen molar-refractivity contribution < 1.29 is 96.2 Å². The first-order chi connectivity index (χ1) is 45.7. The van der Waals surface area contributed by atoms with Crippen molar-refractivity contribution in [2.45, 2.75) is 51.4 Å². The van der Waals surface area contributed by atoms with Crippen LogP contribution in [0.25, 0.3) is 0 Å². The van der Waals surface area contributed by atoms with E-state index in [0.717, 1.165) is 51.4 Å². The lowest BCUT2D eigenvalue weighted by molar-refractivity contribution is -0.0128. The molecule has 0 saturated carbocycles. The molecule has 4 rings (SSSR count). The molecule has 0 radical (unpaired) electrons. The average Bonchev–Trinajstić information content (AvgIpc) is 1.50. The largest absolute Gasteiger partial charge is 0.394 e. The van der Waals surface area contributed by atoms with Crippen LogP contribution in [-0.2, 0) is 101 Å². The van der Waals surface area contributed by atoms with E-state index in [9.17, 15) is 0 Å². The van der Waals surface area contributed by atoms with Crippen molar-refractivity contribution in [3.8, 4) is 0 Å². The van der Waals surface area contributed by atoms with Crippen molar-refractivity contribution in [1.29, 1.82) is 0 Å². The normalized spacial score (nSPS) is 12.8. The van der Waals surface area contributed by atoms with Crippen molar-refractivity contribution in [3.63, 3.8) is 0 Å². The summed E-state index contributed by atoms with van der Waals surface area (Å²) in [6.07, 6.45) is 7.90. The number of ether oxygens (including phenoxy) is 16. The van der Waals surface area contributed by atoms with Gasteiger partial charge in [-0.15, -0.1) is 0 Å². The molecule has 20 heteroatoms. The van der Waals surface area contributed by atoms with Gasteiger partial charge in [0.15, 0.2) is 0 Å². The maximum atomic E-state index is 8.72. The molecule has 0 unspecified atom stereocenters. The molecule has 0 bridgehead atoms. The van der Waals surface area contributed by atoms with Gasteiger partial charge in [-0.05, 0) is 97.3 Å². The second kappa shape index (κ2) is 64.4. The second-order valence-corrected chi connectivity index (χ2v) is 21.7. The topological polar surface area (TPSA) is 229 Å². The van der Waals surface area contributed by atoms with Crippen LogP contribution in [0.5, 0.6) is 0 Å². The van der Waals surface area contributed by atoms with Crippen molar-refractivity contribution in [1.82, 2.24) is 0 Å². The molecule has 0 aliphatic heterocycles. The van der Waals surface area contributed by atoms with E-state index >= 15 is 0 Å². The number of aliphatic hydroxyl groups excluding tert-OH is 4. The molecule has 0 aromatic heterocycles. The van der Waals surface area contributed by atoms with Crippen LogP contribution < -0.4 is 0 Å². The number of benzene rings is 4. The van der Waals surface area contributed by atoms with Gasteiger partial charge in [-0.3, -0.25) is 0 Å². The maximum Gasteiger partial charge on any atom is 0.0701 e. The van der Waals surface area contributed by atoms with E-state index in [1.165, 1.54) is 22.3 Å². The van der Waals surface area contributed by atoms with Crippen molar-refractivity contribution in [3.05, 3.63) is 144 Å². The Morgan fingerprint density at radius 2 is 0.370 bits per heavy atom. The fourth-order valence-electron chi connectivity index (χ4n) is 9.87. The van der Waals surface area contributed by atoms with Crippen LogP contribution in [0.15, 0.2) is 121 Å². The number of hydrogen-bond donors (Lipinski definition) is 4. The summed E-state index contributed by atoms with van der Waals surface area (Å²) in [7, 11) is 0. The molecule has 4 N–H and O–H groups in total. The van der Waals surface area contributed by atoms with Crippen LogP contribution in [0.1, 0.15) is 47.9 Å². The minimum absolute atomic E-state index is 0.0239. The minimum atomic E-state index is 0.0239. The lowest BCUT2D eigenvalue weighted by Crippen LogP contribution is -2.26. The molecule has 0 aliphatic carbocycles. The summed E-state index contributed by atoms with van der Waals surface area (Å²) in [6.45, 7) is 16.4. The SMILES string of the molecule is OCCOCCOCCOCCOCCC[C@@H](Cc1ccccc1)[C@@H](COCCOCCOCCOCCO)Cc1ccccc1.OCCOCCOCCOCCOCCC[C@H](Cc1ccccc1)[C@H](COCCOCCOCCOCCO)Cc1ccccc1. The molecular weight excluding hydrogens is 1180 g/mol. The van der Waals surface area contributed by atoms with Gasteiger partial charge in [0.05, 0.1) is 225 Å². The molecule has 0 saturated heterocycles. The predicted molar refractivity (Wildman–Crippen MR) is 354 cm³/mol. The van der Waals surface area contributed by atoms with Crippen LogP contribution >= 0.6 is 0 Å². The summed E-state index contributed by atoms with van der Waals surface area (Å²) < 4.78 is 89.3. The fraction of sp³-hybridized carbons (Fsp3) is 0.667. The lowest BCUT2D eigenvalue weighted by atomic mass is 9.80. The third-order valence-corrected chi connectivity index (χ3v) is 14.5. The third-order valence-electron chi connectivity index (χ3n) is 14.5. The summed E-state index contributed by atoms with van der Waals surface area (Å²) in [6, 6.07) is 42.7. The Kier molecular flexibility index (Phi) is 57.6. The zero-order chi connectivity index (χ0) is 65.2. The first kappa shape index (κ1) is 82.3. The van der Waals surface area contributed by atoms with Crippen LogP contribution in [-0.4, -0.2) is 258 Å². The van der Waals surface area contributed by atoms with E-state index in [0.29, 0.717) is 235 Å². The van der Waals surface area contributed by atoms with Gasteiger partial charge in [-0.1, -0.05) is 121 Å². The highest BCUT2D eigenvalue weighted by Crippen LogP contribution is 2.29. The minimum Gasteiger partial charge on any atom is -0.394 e. The third kappa shape index (κ3) is 49.6. The zero-order valence-corrected chi connectivity index (χ0v) is 55.3. The smallest absolute Gasteiger partial charge is 0.0701 e. The number of hydrogen-bond acceptors (Lipinski definition) is 20. The number of aliphatic hydroxyl groups is 4. The molecule has 92 heavy (non-hydrogen) atoms. The van der Waals surface area contributed by atoms with Gasteiger partial charge < -0.3 is 96.2 Å². The van der Waals surface area contributed by atoms with Crippen molar-refractivity contribution >= 4 is 0 Å². The molecule has 0 spiro atoms. The van der Waals surface area contributed by atoms with E-state index in [1.807, 2.05) is 0 Å². The van der Waals surface area contributed by atoms with Crippen LogP contribution in [0.3, 0.4) is 0 Å². The first-order valence-electron chi connectivity index (χ1n) is 33.5. The van der Waals surface area contributed by atoms with Crippen LogP contribution in [0.2, 0.25) is 0 Å². The highest BCUT2D eigenvalue weighted by atomic mass is 16.6. The Labute approximate surface area is 550 Å². The molecule has 0 heterocycles. The van der Waals surface area contributed by atoms with Crippen molar-refractivity contribution in [2.75, 3.05) is 238 Å². The Balaban J connectivity index is 0.000000480. The van der Waals surface area contributed by atoms with E-state index < -0.39 is 0 Å². The predicted octanol–water partition coefficient (Wildman–Crippen LogP) is 7.20. The molecule has 0 amide bonds.